The smallest absolute Gasteiger partial charge is 0.306 e. The molecular weight excluding hydrogens is 336 g/mol. The number of rotatable bonds is 17. The minimum absolute atomic E-state index is 0.0233. The van der Waals surface area contributed by atoms with E-state index in [2.05, 4.69) is 6.92 Å². The molecule has 0 aliphatic heterocycles. The maximum Gasteiger partial charge on any atom is 0.306 e. The van der Waals surface area contributed by atoms with Gasteiger partial charge in [0.25, 0.3) is 0 Å². The SMILES string of the molecule is CCCCCCC(O)CCCCCCCCCCC(=O)OC1CCCCC1. The quantitative estimate of drug-likeness (QED) is 0.216. The Morgan fingerprint density at radius 1 is 0.815 bits per heavy atom. The zero-order chi connectivity index (χ0) is 19.6. The second kappa shape index (κ2) is 17.5. The van der Waals surface area contributed by atoms with Gasteiger partial charge in [0, 0.05) is 6.42 Å². The molecule has 1 rings (SSSR count). The Bertz CT molecular complexity index is 337. The Kier molecular flexibility index (Phi) is 15.9. The molecule has 3 heteroatoms. The predicted molar refractivity (Wildman–Crippen MR) is 114 cm³/mol. The molecule has 0 aromatic rings. The highest BCUT2D eigenvalue weighted by atomic mass is 16.5. The van der Waals surface area contributed by atoms with Gasteiger partial charge >= 0.3 is 5.97 Å². The molecule has 0 heterocycles. The van der Waals surface area contributed by atoms with Crippen LogP contribution in [0.1, 0.15) is 135 Å². The van der Waals surface area contributed by atoms with Crippen molar-refractivity contribution in [2.75, 3.05) is 0 Å². The van der Waals surface area contributed by atoms with Crippen molar-refractivity contribution in [3.05, 3.63) is 0 Å². The molecule has 1 aliphatic carbocycles. The second-order valence-corrected chi connectivity index (χ2v) is 8.62. The topological polar surface area (TPSA) is 46.5 Å². The molecule has 3 nitrogen and oxygen atoms in total. The van der Waals surface area contributed by atoms with Crippen molar-refractivity contribution in [1.29, 1.82) is 0 Å². The van der Waals surface area contributed by atoms with Gasteiger partial charge in [-0.05, 0) is 44.9 Å². The molecular formula is C24H46O3. The van der Waals surface area contributed by atoms with Gasteiger partial charge in [0.05, 0.1) is 6.10 Å². The van der Waals surface area contributed by atoms with Crippen molar-refractivity contribution in [3.8, 4) is 0 Å². The van der Waals surface area contributed by atoms with Gasteiger partial charge in [-0.25, -0.2) is 0 Å². The third-order valence-electron chi connectivity index (χ3n) is 5.91. The predicted octanol–water partition coefficient (Wildman–Crippen LogP) is 7.09. The maximum atomic E-state index is 11.8. The van der Waals surface area contributed by atoms with Crippen LogP contribution in [0.4, 0.5) is 0 Å². The number of carbonyl (C=O) groups excluding carboxylic acids is 1. The number of unbranched alkanes of at least 4 members (excludes halogenated alkanes) is 10. The minimum atomic E-state index is -0.0739. The van der Waals surface area contributed by atoms with E-state index in [1.54, 1.807) is 0 Å². The van der Waals surface area contributed by atoms with Crippen molar-refractivity contribution in [2.45, 2.75) is 148 Å². The van der Waals surface area contributed by atoms with Crippen LogP contribution in [0.15, 0.2) is 0 Å². The largest absolute Gasteiger partial charge is 0.462 e. The zero-order valence-electron chi connectivity index (χ0n) is 18.1. The number of esters is 1. The molecule has 0 saturated heterocycles. The second-order valence-electron chi connectivity index (χ2n) is 8.62. The highest BCUT2D eigenvalue weighted by Gasteiger charge is 2.17. The molecule has 0 aromatic heterocycles. The third-order valence-corrected chi connectivity index (χ3v) is 5.91. The summed E-state index contributed by atoms with van der Waals surface area (Å²) >= 11 is 0. The van der Waals surface area contributed by atoms with E-state index in [0.717, 1.165) is 38.5 Å². The van der Waals surface area contributed by atoms with E-state index in [-0.39, 0.29) is 18.2 Å². The summed E-state index contributed by atoms with van der Waals surface area (Å²) < 4.78 is 5.56. The molecule has 160 valence electrons. The molecule has 1 aliphatic rings. The van der Waals surface area contributed by atoms with Gasteiger partial charge in [-0.3, -0.25) is 4.79 Å². The molecule has 0 aromatic carbocycles. The summed E-state index contributed by atoms with van der Waals surface area (Å²) in [5.74, 6) is 0.0233. The molecule has 0 radical (unpaired) electrons. The highest BCUT2D eigenvalue weighted by molar-refractivity contribution is 5.69. The van der Waals surface area contributed by atoms with Gasteiger partial charge in [0.2, 0.25) is 0 Å². The lowest BCUT2D eigenvalue weighted by Crippen LogP contribution is -2.20. The lowest BCUT2D eigenvalue weighted by molar-refractivity contribution is -0.150. The van der Waals surface area contributed by atoms with Crippen LogP contribution in [-0.4, -0.2) is 23.3 Å². The van der Waals surface area contributed by atoms with Crippen LogP contribution in [0, 0.1) is 0 Å². The Labute approximate surface area is 168 Å². The first-order valence-corrected chi connectivity index (χ1v) is 12.1. The molecule has 1 N–H and O–H groups in total. The Morgan fingerprint density at radius 3 is 1.93 bits per heavy atom. The van der Waals surface area contributed by atoms with Gasteiger partial charge < -0.3 is 9.84 Å². The Balaban J connectivity index is 1.79. The molecule has 1 unspecified atom stereocenters. The van der Waals surface area contributed by atoms with Crippen molar-refractivity contribution >= 4 is 5.97 Å². The number of aliphatic hydroxyl groups is 1. The fraction of sp³-hybridized carbons (Fsp3) is 0.958. The number of ether oxygens (including phenoxy) is 1. The summed E-state index contributed by atoms with van der Waals surface area (Å²) in [5.41, 5.74) is 0. The van der Waals surface area contributed by atoms with Gasteiger partial charge in [-0.15, -0.1) is 0 Å². The fourth-order valence-electron chi connectivity index (χ4n) is 4.09. The summed E-state index contributed by atoms with van der Waals surface area (Å²) in [7, 11) is 0. The lowest BCUT2D eigenvalue weighted by Gasteiger charge is -2.21. The number of aliphatic hydroxyl groups excluding tert-OH is 1. The third kappa shape index (κ3) is 15.1. The summed E-state index contributed by atoms with van der Waals surface area (Å²) in [6.45, 7) is 2.22. The first-order chi connectivity index (χ1) is 13.2. The van der Waals surface area contributed by atoms with Crippen LogP contribution in [-0.2, 0) is 9.53 Å². The van der Waals surface area contributed by atoms with Crippen LogP contribution in [0.25, 0.3) is 0 Å². The summed E-state index contributed by atoms with van der Waals surface area (Å²) in [6, 6.07) is 0. The Morgan fingerprint density at radius 2 is 1.33 bits per heavy atom. The van der Waals surface area contributed by atoms with E-state index in [1.807, 2.05) is 0 Å². The molecule has 1 fully saturated rings. The number of hydrogen-bond acceptors (Lipinski definition) is 3. The molecule has 0 bridgehead atoms. The highest BCUT2D eigenvalue weighted by Crippen LogP contribution is 2.21. The average molecular weight is 383 g/mol. The summed E-state index contributed by atoms with van der Waals surface area (Å²) in [6.07, 6.45) is 23.2. The van der Waals surface area contributed by atoms with Gasteiger partial charge in [0.1, 0.15) is 6.10 Å². The maximum absolute atomic E-state index is 11.8. The molecule has 0 spiro atoms. The van der Waals surface area contributed by atoms with Crippen LogP contribution < -0.4 is 0 Å². The lowest BCUT2D eigenvalue weighted by atomic mass is 9.98. The molecule has 1 atom stereocenters. The van der Waals surface area contributed by atoms with E-state index < -0.39 is 0 Å². The normalized spacial score (nSPS) is 16.4. The van der Waals surface area contributed by atoms with Crippen molar-refractivity contribution in [2.24, 2.45) is 0 Å². The van der Waals surface area contributed by atoms with E-state index >= 15 is 0 Å². The van der Waals surface area contributed by atoms with E-state index in [9.17, 15) is 9.90 Å². The van der Waals surface area contributed by atoms with Gasteiger partial charge in [-0.1, -0.05) is 84.0 Å². The molecule has 27 heavy (non-hydrogen) atoms. The molecule has 0 amide bonds. The average Bonchev–Trinajstić information content (AvgIpc) is 2.67. The van der Waals surface area contributed by atoms with Crippen molar-refractivity contribution in [3.63, 3.8) is 0 Å². The minimum Gasteiger partial charge on any atom is -0.462 e. The number of carbonyl (C=O) groups is 1. The fourth-order valence-corrected chi connectivity index (χ4v) is 4.09. The van der Waals surface area contributed by atoms with E-state index in [1.165, 1.54) is 83.5 Å². The van der Waals surface area contributed by atoms with E-state index in [4.69, 9.17) is 4.74 Å². The van der Waals surface area contributed by atoms with Gasteiger partial charge in [0.15, 0.2) is 0 Å². The zero-order valence-corrected chi connectivity index (χ0v) is 18.1. The van der Waals surface area contributed by atoms with Crippen LogP contribution in [0.2, 0.25) is 0 Å². The number of hydrogen-bond donors (Lipinski definition) is 1. The summed E-state index contributed by atoms with van der Waals surface area (Å²) in [5, 5.41) is 9.96. The van der Waals surface area contributed by atoms with E-state index in [0.29, 0.717) is 6.42 Å². The summed E-state index contributed by atoms with van der Waals surface area (Å²) in [4.78, 5) is 11.8. The van der Waals surface area contributed by atoms with Crippen molar-refractivity contribution in [1.82, 2.24) is 0 Å². The van der Waals surface area contributed by atoms with Crippen LogP contribution in [0.5, 0.6) is 0 Å². The van der Waals surface area contributed by atoms with Crippen LogP contribution >= 0.6 is 0 Å². The first-order valence-electron chi connectivity index (χ1n) is 12.1. The Hall–Kier alpha value is -0.570. The monoisotopic (exact) mass is 382 g/mol. The van der Waals surface area contributed by atoms with Gasteiger partial charge in [-0.2, -0.15) is 0 Å². The standard InChI is InChI=1S/C24H46O3/c1-2-3-4-12-17-22(25)18-13-9-7-5-6-8-10-16-21-24(26)27-23-19-14-11-15-20-23/h22-23,25H,2-21H2,1H3. The van der Waals surface area contributed by atoms with Crippen LogP contribution in [0.3, 0.4) is 0 Å². The first kappa shape index (κ1) is 24.5. The van der Waals surface area contributed by atoms with Crippen molar-refractivity contribution < 1.29 is 14.6 Å². The molecule has 1 saturated carbocycles.